The monoisotopic (exact) mass is 533 g/mol. The van der Waals surface area contributed by atoms with Crippen molar-refractivity contribution in [2.45, 2.75) is 43.9 Å². The van der Waals surface area contributed by atoms with E-state index in [0.29, 0.717) is 40.2 Å². The van der Waals surface area contributed by atoms with Gasteiger partial charge < -0.3 is 14.6 Å². The molecule has 0 atom stereocenters. The Hall–Kier alpha value is -3.79. The summed E-state index contributed by atoms with van der Waals surface area (Å²) in [5, 5.41) is 20.3. The van der Waals surface area contributed by atoms with Gasteiger partial charge in [0, 0.05) is 53.6 Å². The summed E-state index contributed by atoms with van der Waals surface area (Å²) in [4.78, 5) is 26.1. The Morgan fingerprint density at radius 1 is 1.13 bits per heavy atom. The van der Waals surface area contributed by atoms with E-state index in [-0.39, 0.29) is 17.0 Å². The highest BCUT2D eigenvalue weighted by molar-refractivity contribution is 7.98. The van der Waals surface area contributed by atoms with Gasteiger partial charge in [-0.05, 0) is 49.9 Å². The largest absolute Gasteiger partial charge is 0.486 e. The van der Waals surface area contributed by atoms with E-state index in [2.05, 4.69) is 10.4 Å². The van der Waals surface area contributed by atoms with Gasteiger partial charge in [0.2, 0.25) is 5.75 Å². The number of fused-ring (bicyclic) bond motifs is 1. The lowest BCUT2D eigenvalue weighted by atomic mass is 9.90. The number of nitrogens with zero attached hydrogens (tertiary/aromatic N) is 4. The van der Waals surface area contributed by atoms with Crippen LogP contribution in [0.5, 0.6) is 5.75 Å². The molecular formula is C28H31N5O4S. The molecule has 1 aliphatic rings. The van der Waals surface area contributed by atoms with Gasteiger partial charge in [-0.15, -0.1) is 0 Å². The van der Waals surface area contributed by atoms with Crippen molar-refractivity contribution in [3.8, 4) is 16.9 Å². The second kappa shape index (κ2) is 10.9. The summed E-state index contributed by atoms with van der Waals surface area (Å²) in [6.45, 7) is 2.44. The van der Waals surface area contributed by atoms with Gasteiger partial charge in [0.1, 0.15) is 11.2 Å². The van der Waals surface area contributed by atoms with Crippen molar-refractivity contribution < 1.29 is 9.66 Å². The fraction of sp³-hybridized carbons (Fsp3) is 0.357. The highest BCUT2D eigenvalue weighted by atomic mass is 32.2. The minimum absolute atomic E-state index is 0.107. The van der Waals surface area contributed by atoms with Crippen LogP contribution in [0.2, 0.25) is 0 Å². The Balaban J connectivity index is 1.65. The van der Waals surface area contributed by atoms with Gasteiger partial charge in [0.15, 0.2) is 0 Å². The molecule has 0 radical (unpaired) electrons. The third-order valence-electron chi connectivity index (χ3n) is 7.15. The summed E-state index contributed by atoms with van der Waals surface area (Å²) >= 11 is 1.35. The molecule has 2 heterocycles. The van der Waals surface area contributed by atoms with E-state index < -0.39 is 4.92 Å². The Kier molecular flexibility index (Phi) is 7.42. The Morgan fingerprint density at radius 3 is 2.55 bits per heavy atom. The smallest absolute Gasteiger partial charge is 0.334 e. The van der Waals surface area contributed by atoms with Crippen LogP contribution < -0.4 is 15.6 Å². The van der Waals surface area contributed by atoms with E-state index >= 15 is 0 Å². The average Bonchev–Trinajstić information content (AvgIpc) is 3.34. The fourth-order valence-corrected chi connectivity index (χ4v) is 5.88. The minimum atomic E-state index is -0.401. The van der Waals surface area contributed by atoms with Crippen molar-refractivity contribution in [3.63, 3.8) is 0 Å². The molecule has 9 nitrogen and oxygen atoms in total. The number of benzene rings is 2. The van der Waals surface area contributed by atoms with E-state index in [1.165, 1.54) is 22.9 Å². The number of hydrogen-bond acceptors (Lipinski definition) is 7. The SMILES string of the molecule is CNc1ccc(-c2cn(C)c(=O)c3c2cnn3Sc2ccc(C)cc2)c(OCC2CCCCC2)c1[N+](=O)[O-]. The molecule has 2 aromatic heterocycles. The van der Waals surface area contributed by atoms with Crippen molar-refractivity contribution in [2.24, 2.45) is 13.0 Å². The lowest BCUT2D eigenvalue weighted by Gasteiger charge is -2.23. The molecule has 1 N–H and O–H groups in total. The number of aryl methyl sites for hydroxylation is 2. The molecule has 1 fully saturated rings. The Morgan fingerprint density at radius 2 is 1.87 bits per heavy atom. The van der Waals surface area contributed by atoms with Crippen LogP contribution in [0.25, 0.3) is 22.0 Å². The lowest BCUT2D eigenvalue weighted by Crippen LogP contribution is -2.19. The molecule has 1 aliphatic carbocycles. The molecule has 0 bridgehead atoms. The third kappa shape index (κ3) is 5.00. The molecule has 0 amide bonds. The molecule has 0 unspecified atom stereocenters. The summed E-state index contributed by atoms with van der Waals surface area (Å²) in [5.41, 5.74) is 2.84. The summed E-state index contributed by atoms with van der Waals surface area (Å²) < 4.78 is 9.41. The van der Waals surface area contributed by atoms with E-state index in [9.17, 15) is 14.9 Å². The number of hydrogen-bond donors (Lipinski definition) is 1. The maximum absolute atomic E-state index is 13.3. The second-order valence-corrected chi connectivity index (χ2v) is 10.8. The zero-order valence-electron chi connectivity index (χ0n) is 21.8. The zero-order chi connectivity index (χ0) is 26.8. The van der Waals surface area contributed by atoms with Gasteiger partial charge in [-0.2, -0.15) is 9.19 Å². The third-order valence-corrected chi connectivity index (χ3v) is 8.08. The molecule has 10 heteroatoms. The quantitative estimate of drug-likeness (QED) is 0.213. The standard InChI is InChI=1S/C28H31N5O4S/c1-18-9-11-20(12-10-18)38-32-25-22(15-30-32)23(16-31(3)28(25)34)21-13-14-24(29-2)26(33(35)36)27(21)37-17-19-7-5-4-6-8-19/h9-16,19,29H,4-8,17H2,1-3H3. The summed E-state index contributed by atoms with van der Waals surface area (Å²) in [7, 11) is 3.34. The number of aromatic nitrogens is 3. The summed E-state index contributed by atoms with van der Waals surface area (Å²) in [6.07, 6.45) is 8.99. The predicted octanol–water partition coefficient (Wildman–Crippen LogP) is 6.17. The van der Waals surface area contributed by atoms with Crippen molar-refractivity contribution >= 4 is 34.2 Å². The molecule has 198 valence electrons. The molecule has 1 saturated carbocycles. The first kappa shape index (κ1) is 25.8. The molecular weight excluding hydrogens is 502 g/mol. The molecule has 0 aliphatic heterocycles. The fourth-order valence-electron chi connectivity index (χ4n) is 5.07. The van der Waals surface area contributed by atoms with E-state index in [1.807, 2.05) is 37.3 Å². The number of nitro benzene ring substituents is 1. The van der Waals surface area contributed by atoms with Crippen molar-refractivity contribution in [2.75, 3.05) is 19.0 Å². The van der Waals surface area contributed by atoms with Crippen LogP contribution in [0.1, 0.15) is 37.7 Å². The van der Waals surface area contributed by atoms with E-state index in [1.54, 1.807) is 36.6 Å². The van der Waals surface area contributed by atoms with E-state index in [0.717, 1.165) is 36.1 Å². The van der Waals surface area contributed by atoms with Crippen molar-refractivity contribution in [1.82, 2.24) is 13.8 Å². The van der Waals surface area contributed by atoms with Gasteiger partial charge in [-0.3, -0.25) is 14.9 Å². The van der Waals surface area contributed by atoms with Gasteiger partial charge in [-0.1, -0.05) is 37.0 Å². The van der Waals surface area contributed by atoms with Crippen LogP contribution in [-0.2, 0) is 7.05 Å². The number of nitro groups is 1. The maximum atomic E-state index is 13.3. The minimum Gasteiger partial charge on any atom is -0.486 e. The average molecular weight is 534 g/mol. The molecule has 0 spiro atoms. The van der Waals surface area contributed by atoms with Gasteiger partial charge in [0.25, 0.3) is 5.56 Å². The molecule has 2 aromatic carbocycles. The van der Waals surface area contributed by atoms with Gasteiger partial charge >= 0.3 is 5.69 Å². The predicted molar refractivity (Wildman–Crippen MR) is 151 cm³/mol. The highest BCUT2D eigenvalue weighted by Crippen LogP contribution is 2.45. The van der Waals surface area contributed by atoms with Crippen LogP contribution in [-0.4, -0.2) is 32.3 Å². The number of nitrogens with one attached hydrogen (secondary N) is 1. The number of pyridine rings is 1. The lowest BCUT2D eigenvalue weighted by molar-refractivity contribution is -0.384. The molecule has 4 aromatic rings. The van der Waals surface area contributed by atoms with Crippen LogP contribution >= 0.6 is 11.9 Å². The Labute approximate surface area is 225 Å². The van der Waals surface area contributed by atoms with E-state index in [4.69, 9.17) is 4.74 Å². The topological polar surface area (TPSA) is 104 Å². The first-order valence-corrected chi connectivity index (χ1v) is 13.6. The van der Waals surface area contributed by atoms with Crippen LogP contribution in [0, 0.1) is 23.0 Å². The van der Waals surface area contributed by atoms with Crippen LogP contribution in [0.4, 0.5) is 11.4 Å². The highest BCUT2D eigenvalue weighted by Gasteiger charge is 2.28. The van der Waals surface area contributed by atoms with Crippen molar-refractivity contribution in [3.05, 3.63) is 74.8 Å². The molecule has 0 saturated heterocycles. The van der Waals surface area contributed by atoms with Crippen LogP contribution in [0.15, 0.2) is 58.5 Å². The molecule has 38 heavy (non-hydrogen) atoms. The van der Waals surface area contributed by atoms with Crippen LogP contribution in [0.3, 0.4) is 0 Å². The second-order valence-electron chi connectivity index (χ2n) is 9.80. The summed E-state index contributed by atoms with van der Waals surface area (Å²) in [5.74, 6) is 0.578. The van der Waals surface area contributed by atoms with Gasteiger partial charge in [0.05, 0.1) is 17.7 Å². The summed E-state index contributed by atoms with van der Waals surface area (Å²) in [6, 6.07) is 11.5. The number of ether oxygens (including phenoxy) is 1. The number of rotatable bonds is 8. The normalized spacial score (nSPS) is 14.1. The first-order valence-electron chi connectivity index (χ1n) is 12.8. The first-order chi connectivity index (χ1) is 18.4. The number of anilines is 1. The Bertz CT molecular complexity index is 1540. The zero-order valence-corrected chi connectivity index (χ0v) is 22.6. The van der Waals surface area contributed by atoms with Crippen molar-refractivity contribution in [1.29, 1.82) is 0 Å². The van der Waals surface area contributed by atoms with Gasteiger partial charge in [-0.25, -0.2) is 0 Å². The molecule has 5 rings (SSSR count). The maximum Gasteiger partial charge on any atom is 0.334 e.